The molecule has 0 radical (unpaired) electrons. The molecule has 0 saturated carbocycles. The fourth-order valence-corrected chi connectivity index (χ4v) is 5.35. The van der Waals surface area contributed by atoms with E-state index in [1.54, 1.807) is 11.3 Å². The highest BCUT2D eigenvalue weighted by molar-refractivity contribution is 7.12. The Morgan fingerprint density at radius 3 is 2.76 bits per heavy atom. The first kappa shape index (κ1) is 16.8. The van der Waals surface area contributed by atoms with Crippen molar-refractivity contribution in [3.05, 3.63) is 38.7 Å². The maximum absolute atomic E-state index is 12.9. The molecule has 5 nitrogen and oxygen atoms in total. The van der Waals surface area contributed by atoms with Crippen LogP contribution >= 0.6 is 22.7 Å². The number of aryl methyl sites for hydroxylation is 1. The van der Waals surface area contributed by atoms with Crippen LogP contribution in [-0.2, 0) is 4.79 Å². The van der Waals surface area contributed by atoms with E-state index in [0.717, 1.165) is 29.1 Å². The lowest BCUT2D eigenvalue weighted by Crippen LogP contribution is -2.64. The maximum Gasteiger partial charge on any atom is 0.264 e. The van der Waals surface area contributed by atoms with Crippen LogP contribution in [0, 0.1) is 6.92 Å². The number of nitrogens with zero attached hydrogens (tertiary/aromatic N) is 3. The molecule has 132 valence electrons. The minimum atomic E-state index is -0.156. The van der Waals surface area contributed by atoms with E-state index in [9.17, 15) is 9.59 Å². The molecule has 2 aromatic heterocycles. The molecule has 0 aromatic carbocycles. The van der Waals surface area contributed by atoms with Gasteiger partial charge in [0.25, 0.3) is 5.91 Å². The van der Waals surface area contributed by atoms with E-state index in [-0.39, 0.29) is 17.4 Å². The zero-order chi connectivity index (χ0) is 17.6. The highest BCUT2D eigenvalue weighted by Gasteiger charge is 2.48. The van der Waals surface area contributed by atoms with Gasteiger partial charge in [0.1, 0.15) is 0 Å². The van der Waals surface area contributed by atoms with E-state index >= 15 is 0 Å². The van der Waals surface area contributed by atoms with E-state index in [4.69, 9.17) is 0 Å². The first-order valence-electron chi connectivity index (χ1n) is 8.37. The van der Waals surface area contributed by atoms with Gasteiger partial charge in [-0.15, -0.1) is 11.3 Å². The summed E-state index contributed by atoms with van der Waals surface area (Å²) < 4.78 is 0. The third kappa shape index (κ3) is 2.80. The van der Waals surface area contributed by atoms with Gasteiger partial charge in [0.2, 0.25) is 5.91 Å². The van der Waals surface area contributed by atoms with Crippen LogP contribution in [0.15, 0.2) is 28.3 Å². The van der Waals surface area contributed by atoms with Crippen molar-refractivity contribution >= 4 is 40.2 Å². The Morgan fingerprint density at radius 1 is 1.24 bits per heavy atom. The summed E-state index contributed by atoms with van der Waals surface area (Å²) in [6.07, 6.45) is 0.896. The molecule has 1 spiro atoms. The fourth-order valence-electron chi connectivity index (χ4n) is 3.81. The third-order valence-corrected chi connectivity index (χ3v) is 7.10. The highest BCUT2D eigenvalue weighted by atomic mass is 32.1. The first-order chi connectivity index (χ1) is 12.0. The molecule has 25 heavy (non-hydrogen) atoms. The standard InChI is InChI=1S/C18H21N3O2S2/c1-13-3-8-25-16(13)17(23)20-6-5-18(11-20)12-21(14-4-7-24-10-14)15(22)9-19(18)2/h3-4,7-8,10H,5-6,9,11-12H2,1-2H3. The van der Waals surface area contributed by atoms with Gasteiger partial charge in [-0.2, -0.15) is 11.3 Å². The Morgan fingerprint density at radius 2 is 2.08 bits per heavy atom. The van der Waals surface area contributed by atoms with Gasteiger partial charge in [-0.3, -0.25) is 14.5 Å². The molecule has 2 fully saturated rings. The normalized spacial score (nSPS) is 24.5. The van der Waals surface area contributed by atoms with Gasteiger partial charge in [-0.1, -0.05) is 0 Å². The van der Waals surface area contributed by atoms with Gasteiger partial charge in [0, 0.05) is 25.0 Å². The van der Waals surface area contributed by atoms with Crippen LogP contribution in [0.1, 0.15) is 21.7 Å². The molecule has 7 heteroatoms. The molecule has 1 unspecified atom stereocenters. The molecular weight excluding hydrogens is 354 g/mol. The summed E-state index contributed by atoms with van der Waals surface area (Å²) in [6, 6.07) is 3.99. The average Bonchev–Trinajstić information content (AvgIpc) is 3.32. The van der Waals surface area contributed by atoms with Crippen LogP contribution in [-0.4, -0.2) is 60.4 Å². The van der Waals surface area contributed by atoms with Crippen LogP contribution in [0.5, 0.6) is 0 Å². The van der Waals surface area contributed by atoms with Crippen molar-refractivity contribution in [1.29, 1.82) is 0 Å². The van der Waals surface area contributed by atoms with Crippen molar-refractivity contribution < 1.29 is 9.59 Å². The zero-order valence-electron chi connectivity index (χ0n) is 14.4. The number of likely N-dealkylation sites (N-methyl/N-ethyl adjacent to an activating group) is 1. The highest BCUT2D eigenvalue weighted by Crippen LogP contribution is 2.35. The molecule has 2 aliphatic heterocycles. The fraction of sp³-hybridized carbons (Fsp3) is 0.444. The number of rotatable bonds is 2. The zero-order valence-corrected chi connectivity index (χ0v) is 16.0. The topological polar surface area (TPSA) is 43.9 Å². The summed E-state index contributed by atoms with van der Waals surface area (Å²) in [5, 5.41) is 5.99. The lowest BCUT2D eigenvalue weighted by Gasteiger charge is -2.46. The second-order valence-electron chi connectivity index (χ2n) is 6.95. The third-order valence-electron chi connectivity index (χ3n) is 5.43. The molecule has 4 heterocycles. The van der Waals surface area contributed by atoms with Crippen molar-refractivity contribution in [3.8, 4) is 0 Å². The summed E-state index contributed by atoms with van der Waals surface area (Å²) >= 11 is 3.11. The Hall–Kier alpha value is -1.70. The van der Waals surface area contributed by atoms with E-state index < -0.39 is 0 Å². The number of anilines is 1. The van der Waals surface area contributed by atoms with E-state index in [2.05, 4.69) is 4.90 Å². The maximum atomic E-state index is 12.9. The minimum absolute atomic E-state index is 0.122. The predicted octanol–water partition coefficient (Wildman–Crippen LogP) is 2.68. The van der Waals surface area contributed by atoms with E-state index in [1.165, 1.54) is 11.3 Å². The number of carbonyl (C=O) groups is 2. The molecule has 2 amide bonds. The SMILES string of the molecule is Cc1ccsc1C(=O)N1CCC2(C1)CN(c1ccsc1)C(=O)CN2C. The van der Waals surface area contributed by atoms with Crippen LogP contribution in [0.3, 0.4) is 0 Å². The Labute approximate surface area is 155 Å². The largest absolute Gasteiger partial charge is 0.336 e. The number of hydrogen-bond donors (Lipinski definition) is 0. The number of amides is 2. The summed E-state index contributed by atoms with van der Waals surface area (Å²) in [7, 11) is 2.01. The van der Waals surface area contributed by atoms with Gasteiger partial charge < -0.3 is 9.80 Å². The molecule has 0 bridgehead atoms. The number of likely N-dealkylation sites (tertiary alicyclic amines) is 1. The molecule has 2 aromatic rings. The van der Waals surface area contributed by atoms with Gasteiger partial charge >= 0.3 is 0 Å². The number of thiophene rings is 2. The van der Waals surface area contributed by atoms with E-state index in [0.29, 0.717) is 19.6 Å². The molecule has 4 rings (SSSR count). The summed E-state index contributed by atoms with van der Waals surface area (Å²) in [5.74, 6) is 0.252. The van der Waals surface area contributed by atoms with Crippen molar-refractivity contribution in [3.63, 3.8) is 0 Å². The van der Waals surface area contributed by atoms with Crippen molar-refractivity contribution in [2.24, 2.45) is 0 Å². The smallest absolute Gasteiger partial charge is 0.264 e. The van der Waals surface area contributed by atoms with Gasteiger partial charge in [-0.05, 0) is 48.8 Å². The molecule has 2 aliphatic rings. The number of carbonyl (C=O) groups excluding carboxylic acids is 2. The number of piperazine rings is 1. The van der Waals surface area contributed by atoms with Crippen molar-refractivity contribution in [2.45, 2.75) is 18.9 Å². The lowest BCUT2D eigenvalue weighted by molar-refractivity contribution is -0.123. The predicted molar refractivity (Wildman–Crippen MR) is 102 cm³/mol. The van der Waals surface area contributed by atoms with Gasteiger partial charge in [-0.25, -0.2) is 0 Å². The molecule has 0 N–H and O–H groups in total. The summed E-state index contributed by atoms with van der Waals surface area (Å²) in [4.78, 5) is 32.2. The van der Waals surface area contributed by atoms with Gasteiger partial charge in [0.15, 0.2) is 0 Å². The first-order valence-corrected chi connectivity index (χ1v) is 10.2. The van der Waals surface area contributed by atoms with Crippen LogP contribution in [0.25, 0.3) is 0 Å². The molecule has 1 atom stereocenters. The molecular formula is C18H21N3O2S2. The average molecular weight is 376 g/mol. The minimum Gasteiger partial charge on any atom is -0.336 e. The van der Waals surface area contributed by atoms with Gasteiger partial charge in [0.05, 0.1) is 22.6 Å². The van der Waals surface area contributed by atoms with Crippen molar-refractivity contribution in [1.82, 2.24) is 9.80 Å². The Kier molecular flexibility index (Phi) is 4.17. The Balaban J connectivity index is 1.56. The number of hydrogen-bond acceptors (Lipinski definition) is 5. The van der Waals surface area contributed by atoms with Crippen molar-refractivity contribution in [2.75, 3.05) is 38.1 Å². The van der Waals surface area contributed by atoms with Crippen LogP contribution in [0.2, 0.25) is 0 Å². The monoisotopic (exact) mass is 375 g/mol. The second kappa shape index (κ2) is 6.23. The summed E-state index contributed by atoms with van der Waals surface area (Å²) in [5.41, 5.74) is 1.86. The quantitative estimate of drug-likeness (QED) is 0.811. The van der Waals surface area contributed by atoms with E-state index in [1.807, 2.05) is 52.0 Å². The van der Waals surface area contributed by atoms with Crippen LogP contribution < -0.4 is 4.90 Å². The van der Waals surface area contributed by atoms with Crippen LogP contribution in [0.4, 0.5) is 5.69 Å². The second-order valence-corrected chi connectivity index (χ2v) is 8.65. The lowest BCUT2D eigenvalue weighted by atomic mass is 9.93. The summed E-state index contributed by atoms with van der Waals surface area (Å²) in [6.45, 7) is 4.45. The Bertz CT molecular complexity index is 801. The molecule has 0 aliphatic carbocycles. The molecule has 2 saturated heterocycles.